The van der Waals surface area contributed by atoms with Crippen molar-refractivity contribution in [3.05, 3.63) is 23.5 Å². The van der Waals surface area contributed by atoms with E-state index in [9.17, 15) is 9.90 Å². The van der Waals surface area contributed by atoms with Gasteiger partial charge < -0.3 is 20.6 Å². The number of fused-ring (bicyclic) bond motifs is 1. The number of likely N-dealkylation sites (tertiary alicyclic amines) is 1. The number of aromatic nitrogens is 3. The smallest absolute Gasteiger partial charge is 0.235 e. The fourth-order valence-electron chi connectivity index (χ4n) is 4.85. The fraction of sp³-hybridized carbons (Fsp3) is 0.696. The Kier molecular flexibility index (Phi) is 7.27. The Bertz CT molecular complexity index is 950. The fourth-order valence-corrected chi connectivity index (χ4v) is 5.15. The lowest BCUT2D eigenvalue weighted by molar-refractivity contribution is -0.134. The van der Waals surface area contributed by atoms with Crippen LogP contribution in [-0.2, 0) is 4.79 Å². The second-order valence-electron chi connectivity index (χ2n) is 9.31. The van der Waals surface area contributed by atoms with Crippen LogP contribution in [0.5, 0.6) is 0 Å². The van der Waals surface area contributed by atoms with E-state index in [4.69, 9.17) is 15.8 Å². The van der Waals surface area contributed by atoms with Crippen molar-refractivity contribution in [3.8, 4) is 0 Å². The van der Waals surface area contributed by atoms with Crippen molar-refractivity contribution in [1.29, 1.82) is 0 Å². The summed E-state index contributed by atoms with van der Waals surface area (Å²) in [6.45, 7) is 6.47. The van der Waals surface area contributed by atoms with Crippen molar-refractivity contribution < 1.29 is 9.90 Å². The highest BCUT2D eigenvalue weighted by atomic mass is 32.1. The topological polar surface area (TPSA) is 100.0 Å². The number of thiol groups is 1. The number of aliphatic hydroxyl groups excluding tert-OH is 1. The van der Waals surface area contributed by atoms with E-state index >= 15 is 0 Å². The van der Waals surface area contributed by atoms with E-state index in [1.54, 1.807) is 0 Å². The van der Waals surface area contributed by atoms with Gasteiger partial charge in [-0.1, -0.05) is 6.92 Å². The van der Waals surface area contributed by atoms with Gasteiger partial charge in [0.05, 0.1) is 23.1 Å². The highest BCUT2D eigenvalue weighted by Gasteiger charge is 2.33. The van der Waals surface area contributed by atoms with Gasteiger partial charge in [-0.15, -0.1) is 0 Å². The lowest BCUT2D eigenvalue weighted by atomic mass is 9.98. The third-order valence-corrected chi connectivity index (χ3v) is 7.28. The summed E-state index contributed by atoms with van der Waals surface area (Å²) in [6.07, 6.45) is 7.44. The summed E-state index contributed by atoms with van der Waals surface area (Å²) in [5.74, 6) is 1.01. The molecule has 0 bridgehead atoms. The summed E-state index contributed by atoms with van der Waals surface area (Å²) in [5, 5.41) is 14.3. The summed E-state index contributed by atoms with van der Waals surface area (Å²) in [6, 6.07) is 2.15. The van der Waals surface area contributed by atoms with E-state index in [1.165, 1.54) is 0 Å². The third-order valence-electron chi connectivity index (χ3n) is 6.81. The van der Waals surface area contributed by atoms with Crippen LogP contribution in [0.4, 0.5) is 5.82 Å². The summed E-state index contributed by atoms with van der Waals surface area (Å²) in [4.78, 5) is 22.3. The number of anilines is 1. The highest BCUT2D eigenvalue weighted by Crippen LogP contribution is 2.33. The number of nitrogens with two attached hydrogens (primary N) is 1. The van der Waals surface area contributed by atoms with Gasteiger partial charge in [0.2, 0.25) is 5.91 Å². The molecule has 8 nitrogen and oxygen atoms in total. The molecule has 2 unspecified atom stereocenters. The Morgan fingerprint density at radius 1 is 1.31 bits per heavy atom. The monoisotopic (exact) mass is 460 g/mol. The zero-order valence-electron chi connectivity index (χ0n) is 19.2. The number of nitrogens with zero attached hydrogens (tertiary/aromatic N) is 5. The Balaban J connectivity index is 1.55. The minimum atomic E-state index is -0.403. The SMILES string of the molecule is CCC(O)CCC(S)C(=O)N1CCCC[C@H]1c1cc2nc(N3CC[C@H](N)C3)c(C)cn2n1. The van der Waals surface area contributed by atoms with Crippen LogP contribution in [0.25, 0.3) is 5.65 Å². The molecule has 9 heteroatoms. The first-order chi connectivity index (χ1) is 15.4. The zero-order valence-corrected chi connectivity index (χ0v) is 20.0. The van der Waals surface area contributed by atoms with Crippen molar-refractivity contribution >= 4 is 30.0 Å². The average molecular weight is 461 g/mol. The van der Waals surface area contributed by atoms with Crippen molar-refractivity contribution in [2.75, 3.05) is 24.5 Å². The largest absolute Gasteiger partial charge is 0.393 e. The molecule has 1 amide bonds. The molecule has 3 N–H and O–H groups in total. The van der Waals surface area contributed by atoms with Crippen LogP contribution in [0.2, 0.25) is 0 Å². The molecule has 2 aliphatic rings. The third kappa shape index (κ3) is 4.89. The second kappa shape index (κ2) is 9.97. The van der Waals surface area contributed by atoms with E-state index < -0.39 is 5.25 Å². The number of aryl methyl sites for hydroxylation is 1. The molecule has 0 aliphatic carbocycles. The van der Waals surface area contributed by atoms with Gasteiger partial charge in [-0.3, -0.25) is 4.79 Å². The number of hydrogen-bond acceptors (Lipinski definition) is 7. The zero-order chi connectivity index (χ0) is 22.8. The maximum Gasteiger partial charge on any atom is 0.235 e. The van der Waals surface area contributed by atoms with Crippen LogP contribution < -0.4 is 10.6 Å². The standard InChI is InChI=1S/C23H36N6O2S/c1-3-17(30)7-8-20(32)23(31)28-10-5-4-6-19(28)18-12-21-25-22(15(2)13-29(21)26-18)27-11-9-16(24)14-27/h12-13,16-17,19-20,30,32H,3-11,14,24H2,1-2H3/t16-,17?,19-,20?/m0/s1. The molecule has 2 aromatic rings. The van der Waals surface area contributed by atoms with Crippen LogP contribution in [0.1, 0.15) is 69.2 Å². The van der Waals surface area contributed by atoms with E-state index in [2.05, 4.69) is 24.5 Å². The summed E-state index contributed by atoms with van der Waals surface area (Å²) in [5.41, 5.74) is 8.85. The first kappa shape index (κ1) is 23.3. The highest BCUT2D eigenvalue weighted by molar-refractivity contribution is 7.81. The predicted molar refractivity (Wildman–Crippen MR) is 129 cm³/mol. The lowest BCUT2D eigenvalue weighted by Crippen LogP contribution is -2.42. The molecule has 0 radical (unpaired) electrons. The number of rotatable bonds is 7. The molecule has 4 rings (SSSR count). The molecular weight excluding hydrogens is 424 g/mol. The summed E-state index contributed by atoms with van der Waals surface area (Å²) < 4.78 is 1.83. The van der Waals surface area contributed by atoms with Crippen LogP contribution in [-0.4, -0.2) is 67.5 Å². The Morgan fingerprint density at radius 3 is 2.84 bits per heavy atom. The van der Waals surface area contributed by atoms with Crippen LogP contribution in [0.15, 0.2) is 12.3 Å². The van der Waals surface area contributed by atoms with Crippen molar-refractivity contribution in [2.45, 2.75) is 82.2 Å². The molecule has 176 valence electrons. The molecule has 0 saturated carbocycles. The lowest BCUT2D eigenvalue weighted by Gasteiger charge is -2.36. The van der Waals surface area contributed by atoms with Gasteiger partial charge in [0.25, 0.3) is 0 Å². The predicted octanol–water partition coefficient (Wildman–Crippen LogP) is 2.48. The summed E-state index contributed by atoms with van der Waals surface area (Å²) in [7, 11) is 0. The summed E-state index contributed by atoms with van der Waals surface area (Å²) >= 11 is 4.58. The van der Waals surface area contributed by atoms with E-state index in [0.717, 1.165) is 61.5 Å². The minimum absolute atomic E-state index is 0.0364. The number of amides is 1. The Hall–Kier alpha value is -1.84. The molecule has 2 aliphatic heterocycles. The molecule has 2 saturated heterocycles. The normalized spacial score (nSPS) is 23.7. The number of carbonyl (C=O) groups excluding carboxylic acids is 1. The first-order valence-corrected chi connectivity index (χ1v) is 12.4. The van der Waals surface area contributed by atoms with E-state index in [-0.39, 0.29) is 24.1 Å². The molecule has 2 fully saturated rings. The quantitative estimate of drug-likeness (QED) is 0.549. The van der Waals surface area contributed by atoms with E-state index in [0.29, 0.717) is 25.8 Å². The molecular formula is C23H36N6O2S. The van der Waals surface area contributed by atoms with Gasteiger partial charge in [-0.05, 0) is 51.9 Å². The Morgan fingerprint density at radius 2 is 2.12 bits per heavy atom. The molecule has 4 atom stereocenters. The number of piperidine rings is 1. The second-order valence-corrected chi connectivity index (χ2v) is 9.94. The van der Waals surface area contributed by atoms with Crippen LogP contribution >= 0.6 is 12.6 Å². The first-order valence-electron chi connectivity index (χ1n) is 11.9. The van der Waals surface area contributed by atoms with Crippen molar-refractivity contribution in [1.82, 2.24) is 19.5 Å². The van der Waals surface area contributed by atoms with Gasteiger partial charge in [0, 0.05) is 43.5 Å². The molecule has 2 aromatic heterocycles. The van der Waals surface area contributed by atoms with Gasteiger partial charge in [0.15, 0.2) is 5.65 Å². The van der Waals surface area contributed by atoms with E-state index in [1.807, 2.05) is 28.6 Å². The minimum Gasteiger partial charge on any atom is -0.393 e. The Labute approximate surface area is 195 Å². The maximum absolute atomic E-state index is 13.2. The maximum atomic E-state index is 13.2. The number of aliphatic hydroxyl groups is 1. The number of hydrogen-bond donors (Lipinski definition) is 3. The van der Waals surface area contributed by atoms with Crippen LogP contribution in [0, 0.1) is 6.92 Å². The van der Waals surface area contributed by atoms with Gasteiger partial charge >= 0.3 is 0 Å². The van der Waals surface area contributed by atoms with Gasteiger partial charge in [-0.25, -0.2) is 9.50 Å². The molecule has 4 heterocycles. The molecule has 32 heavy (non-hydrogen) atoms. The molecule has 0 aromatic carbocycles. The van der Waals surface area contributed by atoms with Crippen LogP contribution in [0.3, 0.4) is 0 Å². The number of carbonyl (C=O) groups is 1. The van der Waals surface area contributed by atoms with Gasteiger partial charge in [-0.2, -0.15) is 17.7 Å². The average Bonchev–Trinajstić information content (AvgIpc) is 3.41. The van der Waals surface area contributed by atoms with Gasteiger partial charge in [0.1, 0.15) is 5.82 Å². The van der Waals surface area contributed by atoms with Crippen molar-refractivity contribution in [2.24, 2.45) is 5.73 Å². The van der Waals surface area contributed by atoms with Crippen molar-refractivity contribution in [3.63, 3.8) is 0 Å². The molecule has 0 spiro atoms.